The van der Waals surface area contributed by atoms with Crippen LogP contribution in [0, 0.1) is 5.82 Å². The van der Waals surface area contributed by atoms with E-state index >= 15 is 0 Å². The zero-order chi connectivity index (χ0) is 22.4. The molecule has 10 heteroatoms. The third-order valence-electron chi connectivity index (χ3n) is 4.20. The lowest BCUT2D eigenvalue weighted by Gasteiger charge is -2.11. The average molecular weight is 424 g/mol. The highest BCUT2D eigenvalue weighted by atomic mass is 19.1. The second-order valence-corrected chi connectivity index (χ2v) is 6.39. The van der Waals surface area contributed by atoms with Crippen LogP contribution in [0.1, 0.15) is 13.3 Å². The number of carbonyl (C=O) groups is 2. The van der Waals surface area contributed by atoms with Gasteiger partial charge < -0.3 is 21.1 Å². The maximum absolute atomic E-state index is 14.2. The maximum atomic E-state index is 14.2. The SMILES string of the molecule is CCOc1ccc(Nc2nc(N=C3CC=CC(=CC(=O)NC)C3=O)ncc2F)cc1N. The predicted octanol–water partition coefficient (Wildman–Crippen LogP) is 2.61. The molecular weight excluding hydrogens is 403 g/mol. The highest BCUT2D eigenvalue weighted by Gasteiger charge is 2.20. The van der Waals surface area contributed by atoms with Crippen LogP contribution in [0.5, 0.6) is 5.75 Å². The predicted molar refractivity (Wildman–Crippen MR) is 115 cm³/mol. The first kappa shape index (κ1) is 21.6. The molecule has 160 valence electrons. The molecule has 0 fully saturated rings. The number of nitrogens with one attached hydrogen (secondary N) is 2. The van der Waals surface area contributed by atoms with Crippen LogP contribution >= 0.6 is 0 Å². The minimum absolute atomic E-state index is 0.0965. The van der Waals surface area contributed by atoms with Gasteiger partial charge >= 0.3 is 0 Å². The largest absolute Gasteiger partial charge is 0.492 e. The van der Waals surface area contributed by atoms with Crippen molar-refractivity contribution in [1.29, 1.82) is 0 Å². The molecule has 0 spiro atoms. The van der Waals surface area contributed by atoms with E-state index in [0.29, 0.717) is 23.7 Å². The zero-order valence-corrected chi connectivity index (χ0v) is 17.0. The van der Waals surface area contributed by atoms with Crippen LogP contribution in [0.3, 0.4) is 0 Å². The maximum Gasteiger partial charge on any atom is 0.251 e. The normalized spacial score (nSPS) is 15.9. The first-order valence-corrected chi connectivity index (χ1v) is 9.45. The van der Waals surface area contributed by atoms with Gasteiger partial charge in [-0.3, -0.25) is 9.59 Å². The van der Waals surface area contributed by atoms with Crippen LogP contribution < -0.4 is 21.1 Å². The lowest BCUT2D eigenvalue weighted by Crippen LogP contribution is -2.22. The lowest BCUT2D eigenvalue weighted by molar-refractivity contribution is -0.116. The molecule has 1 heterocycles. The molecule has 1 aromatic carbocycles. The van der Waals surface area contributed by atoms with Gasteiger partial charge in [-0.05, 0) is 25.1 Å². The third kappa shape index (κ3) is 5.30. The van der Waals surface area contributed by atoms with Gasteiger partial charge in [0.25, 0.3) is 5.95 Å². The minimum atomic E-state index is -0.702. The van der Waals surface area contributed by atoms with Gasteiger partial charge in [-0.2, -0.15) is 4.98 Å². The molecule has 1 aromatic heterocycles. The Morgan fingerprint density at radius 3 is 2.94 bits per heavy atom. The van der Waals surface area contributed by atoms with Gasteiger partial charge in [0.15, 0.2) is 11.6 Å². The number of hydrogen-bond acceptors (Lipinski definition) is 8. The Hall–Kier alpha value is -4.08. The Kier molecular flexibility index (Phi) is 6.71. The van der Waals surface area contributed by atoms with E-state index in [2.05, 4.69) is 25.6 Å². The summed E-state index contributed by atoms with van der Waals surface area (Å²) in [5.41, 5.74) is 7.14. The third-order valence-corrected chi connectivity index (χ3v) is 4.20. The Balaban J connectivity index is 1.85. The Morgan fingerprint density at radius 1 is 1.42 bits per heavy atom. The lowest BCUT2D eigenvalue weighted by atomic mass is 9.98. The van der Waals surface area contributed by atoms with Crippen molar-refractivity contribution in [3.63, 3.8) is 0 Å². The van der Waals surface area contributed by atoms with E-state index in [1.807, 2.05) is 6.92 Å². The van der Waals surface area contributed by atoms with E-state index in [9.17, 15) is 14.0 Å². The second-order valence-electron chi connectivity index (χ2n) is 6.39. The molecule has 0 unspecified atom stereocenters. The quantitative estimate of drug-likeness (QED) is 0.480. The number of halogens is 1. The molecule has 31 heavy (non-hydrogen) atoms. The van der Waals surface area contributed by atoms with E-state index in [-0.39, 0.29) is 29.5 Å². The molecule has 0 atom stereocenters. The van der Waals surface area contributed by atoms with Gasteiger partial charge in [-0.25, -0.2) is 14.4 Å². The van der Waals surface area contributed by atoms with Crippen molar-refractivity contribution >= 4 is 40.5 Å². The fraction of sp³-hybridized carbons (Fsp3) is 0.190. The molecule has 0 saturated carbocycles. The summed E-state index contributed by atoms with van der Waals surface area (Å²) in [5, 5.41) is 5.24. The number of Topliss-reactive ketones (excluding diaryl/α,β-unsaturated/α-hetero) is 1. The molecule has 4 N–H and O–H groups in total. The van der Waals surface area contributed by atoms with Crippen molar-refractivity contribution in [1.82, 2.24) is 15.3 Å². The summed E-state index contributed by atoms with van der Waals surface area (Å²) in [6.45, 7) is 2.31. The number of nitrogens with zero attached hydrogens (tertiary/aromatic N) is 3. The Morgan fingerprint density at radius 2 is 2.23 bits per heavy atom. The molecule has 3 rings (SSSR count). The van der Waals surface area contributed by atoms with E-state index in [0.717, 1.165) is 6.20 Å². The number of carbonyl (C=O) groups excluding carboxylic acids is 2. The van der Waals surface area contributed by atoms with Gasteiger partial charge in [0.2, 0.25) is 11.7 Å². The number of amides is 1. The van der Waals surface area contributed by atoms with Crippen LogP contribution in [-0.4, -0.2) is 41.0 Å². The number of ether oxygens (including phenoxy) is 1. The van der Waals surface area contributed by atoms with Crippen LogP contribution in [0.2, 0.25) is 0 Å². The highest BCUT2D eigenvalue weighted by Crippen LogP contribution is 2.28. The molecule has 1 amide bonds. The number of benzene rings is 1. The van der Waals surface area contributed by atoms with Crippen LogP contribution in [0.15, 0.2) is 53.2 Å². The fourth-order valence-electron chi connectivity index (χ4n) is 2.73. The van der Waals surface area contributed by atoms with E-state index < -0.39 is 17.5 Å². The first-order valence-electron chi connectivity index (χ1n) is 9.45. The first-order chi connectivity index (χ1) is 14.9. The van der Waals surface area contributed by atoms with Crippen molar-refractivity contribution in [2.24, 2.45) is 4.99 Å². The number of nitrogen functional groups attached to an aromatic ring is 1. The number of nitrogens with two attached hydrogens (primary N) is 1. The fourth-order valence-corrected chi connectivity index (χ4v) is 2.73. The second kappa shape index (κ2) is 9.61. The van der Waals surface area contributed by atoms with Crippen molar-refractivity contribution in [2.75, 3.05) is 24.7 Å². The Bertz CT molecular complexity index is 1110. The number of rotatable bonds is 6. The van der Waals surface area contributed by atoms with E-state index in [1.54, 1.807) is 30.4 Å². The average Bonchev–Trinajstić information content (AvgIpc) is 2.75. The molecular formula is C21H21FN6O3. The Labute approximate surface area is 177 Å². The topological polar surface area (TPSA) is 132 Å². The number of aliphatic imine (C=N–C) groups is 1. The molecule has 0 saturated heterocycles. The van der Waals surface area contributed by atoms with Gasteiger partial charge in [-0.1, -0.05) is 12.2 Å². The minimum Gasteiger partial charge on any atom is -0.492 e. The molecule has 1 aliphatic carbocycles. The summed E-state index contributed by atoms with van der Waals surface area (Å²) in [6.07, 6.45) is 5.62. The van der Waals surface area contributed by atoms with E-state index in [1.165, 1.54) is 13.1 Å². The number of anilines is 3. The molecule has 0 bridgehead atoms. The monoisotopic (exact) mass is 424 g/mol. The van der Waals surface area contributed by atoms with Gasteiger partial charge in [0.1, 0.15) is 5.75 Å². The summed E-state index contributed by atoms with van der Waals surface area (Å²) in [5.74, 6) is -1.24. The number of ketones is 1. The molecule has 0 radical (unpaired) electrons. The van der Waals surface area contributed by atoms with Gasteiger partial charge in [-0.15, -0.1) is 0 Å². The number of hydrogen-bond donors (Lipinski definition) is 3. The van der Waals surface area contributed by atoms with E-state index in [4.69, 9.17) is 10.5 Å². The molecule has 1 aliphatic rings. The summed E-state index contributed by atoms with van der Waals surface area (Å²) in [4.78, 5) is 36.1. The smallest absolute Gasteiger partial charge is 0.251 e. The van der Waals surface area contributed by atoms with Crippen LogP contribution in [0.4, 0.5) is 27.5 Å². The summed E-state index contributed by atoms with van der Waals surface area (Å²) < 4.78 is 19.6. The van der Waals surface area contributed by atoms with Crippen molar-refractivity contribution in [2.45, 2.75) is 13.3 Å². The summed E-state index contributed by atoms with van der Waals surface area (Å²) in [6, 6.07) is 4.91. The number of likely N-dealkylation sites (N-methyl/N-ethyl adjacent to an activating group) is 1. The molecule has 0 aliphatic heterocycles. The molecule has 9 nitrogen and oxygen atoms in total. The summed E-state index contributed by atoms with van der Waals surface area (Å²) >= 11 is 0. The number of allylic oxidation sites excluding steroid dienone is 3. The van der Waals surface area contributed by atoms with Crippen LogP contribution in [-0.2, 0) is 9.59 Å². The van der Waals surface area contributed by atoms with Gasteiger partial charge in [0.05, 0.1) is 24.2 Å². The molecule has 2 aromatic rings. The van der Waals surface area contributed by atoms with Crippen LogP contribution in [0.25, 0.3) is 0 Å². The van der Waals surface area contributed by atoms with Crippen molar-refractivity contribution in [3.05, 3.63) is 54.0 Å². The van der Waals surface area contributed by atoms with Gasteiger partial charge in [0, 0.05) is 30.8 Å². The number of aromatic nitrogens is 2. The summed E-state index contributed by atoms with van der Waals surface area (Å²) in [7, 11) is 1.46. The standard InChI is InChI=1S/C21H21FN6O3/c1-3-31-17-8-7-13(10-15(17)23)26-20-14(22)11-25-21(28-20)27-16-6-4-5-12(19(16)30)9-18(29)24-2/h4-5,7-11H,3,6,23H2,1-2H3,(H,24,29)(H,25,26,28). The highest BCUT2D eigenvalue weighted by molar-refractivity contribution is 6.48. The van der Waals surface area contributed by atoms with Crippen molar-refractivity contribution < 1.29 is 18.7 Å². The zero-order valence-electron chi connectivity index (χ0n) is 17.0. The van der Waals surface area contributed by atoms with Crippen molar-refractivity contribution in [3.8, 4) is 5.75 Å².